The van der Waals surface area contributed by atoms with E-state index in [2.05, 4.69) is 10.6 Å². The maximum atomic E-state index is 11.8. The number of carbonyl (C=O) groups is 1. The van der Waals surface area contributed by atoms with Gasteiger partial charge in [-0.3, -0.25) is 4.79 Å². The van der Waals surface area contributed by atoms with Crippen LogP contribution in [0, 0.1) is 0 Å². The predicted octanol–water partition coefficient (Wildman–Crippen LogP) is 0.944. The van der Waals surface area contributed by atoms with Crippen LogP contribution in [0.5, 0.6) is 11.5 Å². The molecule has 0 aromatic heterocycles. The molecule has 0 fully saturated rings. The van der Waals surface area contributed by atoms with Crippen LogP contribution in [0.2, 0.25) is 0 Å². The minimum atomic E-state index is -0.194. The Morgan fingerprint density at radius 3 is 2.71 bits per heavy atom. The molecule has 1 rings (SSSR count). The molecule has 118 valence electrons. The number of methoxy groups -OCH3 is 2. The summed E-state index contributed by atoms with van der Waals surface area (Å²) in [6.45, 7) is 2.90. The Hall–Kier alpha value is -1.79. The number of rotatable bonds is 9. The van der Waals surface area contributed by atoms with Crippen LogP contribution < -0.4 is 20.1 Å². The summed E-state index contributed by atoms with van der Waals surface area (Å²) >= 11 is 0. The maximum absolute atomic E-state index is 11.8. The van der Waals surface area contributed by atoms with E-state index < -0.39 is 0 Å². The van der Waals surface area contributed by atoms with E-state index in [9.17, 15) is 4.79 Å². The van der Waals surface area contributed by atoms with Crippen molar-refractivity contribution < 1.29 is 19.0 Å². The van der Waals surface area contributed by atoms with Crippen molar-refractivity contribution in [2.75, 3.05) is 34.5 Å². The summed E-state index contributed by atoms with van der Waals surface area (Å²) in [5, 5.41) is 5.85. The van der Waals surface area contributed by atoms with Gasteiger partial charge in [0.25, 0.3) is 5.91 Å². The molecule has 1 amide bonds. The molecule has 6 nitrogen and oxygen atoms in total. The van der Waals surface area contributed by atoms with E-state index in [1.165, 1.54) is 0 Å². The molecular formula is C15H24N2O4. The molecule has 0 aliphatic carbocycles. The molecule has 6 heteroatoms. The number of carbonyl (C=O) groups excluding carboxylic acids is 1. The number of hydrogen-bond acceptors (Lipinski definition) is 5. The summed E-state index contributed by atoms with van der Waals surface area (Å²) in [6, 6.07) is 5.57. The van der Waals surface area contributed by atoms with Crippen molar-refractivity contribution in [1.29, 1.82) is 0 Å². The Bertz CT molecular complexity index is 451. The monoisotopic (exact) mass is 296 g/mol. The summed E-state index contributed by atoms with van der Waals surface area (Å²) in [5.74, 6) is 1.00. The van der Waals surface area contributed by atoms with E-state index in [1.54, 1.807) is 20.3 Å². The van der Waals surface area contributed by atoms with Crippen LogP contribution in [-0.2, 0) is 16.1 Å². The van der Waals surface area contributed by atoms with Gasteiger partial charge in [0.15, 0.2) is 18.1 Å². The highest BCUT2D eigenvalue weighted by Gasteiger charge is 2.13. The van der Waals surface area contributed by atoms with Crippen LogP contribution in [0.15, 0.2) is 18.2 Å². The smallest absolute Gasteiger partial charge is 0.258 e. The van der Waals surface area contributed by atoms with Gasteiger partial charge in [-0.15, -0.1) is 0 Å². The minimum absolute atomic E-state index is 0.0550. The van der Waals surface area contributed by atoms with E-state index in [-0.39, 0.29) is 18.6 Å². The van der Waals surface area contributed by atoms with E-state index in [4.69, 9.17) is 14.2 Å². The van der Waals surface area contributed by atoms with Gasteiger partial charge in [-0.1, -0.05) is 12.1 Å². The second kappa shape index (κ2) is 9.20. The first-order valence-electron chi connectivity index (χ1n) is 6.84. The quantitative estimate of drug-likeness (QED) is 0.710. The Balaban J connectivity index is 2.67. The fourth-order valence-corrected chi connectivity index (χ4v) is 1.96. The highest BCUT2D eigenvalue weighted by molar-refractivity contribution is 5.78. The van der Waals surface area contributed by atoms with Crippen LogP contribution >= 0.6 is 0 Å². The average molecular weight is 296 g/mol. The SMILES string of the molecule is CNCc1cccc(OC)c1OCC(=O)NC(C)COC. The lowest BCUT2D eigenvalue weighted by molar-refractivity contribution is -0.124. The van der Waals surface area contributed by atoms with Crippen molar-refractivity contribution in [3.8, 4) is 11.5 Å². The van der Waals surface area contributed by atoms with Crippen molar-refractivity contribution in [1.82, 2.24) is 10.6 Å². The molecule has 0 saturated carbocycles. The number of amides is 1. The van der Waals surface area contributed by atoms with Gasteiger partial charge in [-0.25, -0.2) is 0 Å². The number of benzene rings is 1. The second-order valence-electron chi connectivity index (χ2n) is 4.69. The average Bonchev–Trinajstić information content (AvgIpc) is 2.46. The summed E-state index contributed by atoms with van der Waals surface area (Å²) in [4.78, 5) is 11.8. The molecule has 1 aromatic carbocycles. The lowest BCUT2D eigenvalue weighted by Crippen LogP contribution is -2.38. The number of para-hydroxylation sites is 1. The van der Waals surface area contributed by atoms with Gasteiger partial charge in [0, 0.05) is 25.3 Å². The van der Waals surface area contributed by atoms with Crippen LogP contribution in [0.3, 0.4) is 0 Å². The predicted molar refractivity (Wildman–Crippen MR) is 80.7 cm³/mol. The summed E-state index contributed by atoms with van der Waals surface area (Å²) < 4.78 is 15.9. The van der Waals surface area contributed by atoms with Gasteiger partial charge >= 0.3 is 0 Å². The van der Waals surface area contributed by atoms with E-state index >= 15 is 0 Å². The van der Waals surface area contributed by atoms with Gasteiger partial charge in [-0.05, 0) is 20.0 Å². The maximum Gasteiger partial charge on any atom is 0.258 e. The molecule has 0 heterocycles. The third-order valence-corrected chi connectivity index (χ3v) is 2.82. The lowest BCUT2D eigenvalue weighted by atomic mass is 10.2. The molecule has 1 aromatic rings. The molecule has 0 saturated heterocycles. The normalized spacial score (nSPS) is 11.8. The zero-order valence-electron chi connectivity index (χ0n) is 13.1. The van der Waals surface area contributed by atoms with Gasteiger partial charge in [-0.2, -0.15) is 0 Å². The molecule has 0 spiro atoms. The first-order valence-corrected chi connectivity index (χ1v) is 6.84. The van der Waals surface area contributed by atoms with Crippen LogP contribution in [0.4, 0.5) is 0 Å². The largest absolute Gasteiger partial charge is 0.493 e. The van der Waals surface area contributed by atoms with Crippen molar-refractivity contribution in [3.63, 3.8) is 0 Å². The summed E-state index contributed by atoms with van der Waals surface area (Å²) in [7, 11) is 5.02. The topological polar surface area (TPSA) is 68.8 Å². The number of nitrogens with one attached hydrogen (secondary N) is 2. The molecule has 0 aliphatic rings. The number of hydrogen-bond donors (Lipinski definition) is 2. The minimum Gasteiger partial charge on any atom is -0.493 e. The van der Waals surface area contributed by atoms with E-state index in [1.807, 2.05) is 26.1 Å². The molecule has 21 heavy (non-hydrogen) atoms. The summed E-state index contributed by atoms with van der Waals surface area (Å²) in [5.41, 5.74) is 0.939. The van der Waals surface area contributed by atoms with Gasteiger partial charge in [0.05, 0.1) is 13.7 Å². The van der Waals surface area contributed by atoms with Crippen LogP contribution in [0.25, 0.3) is 0 Å². The van der Waals surface area contributed by atoms with Crippen molar-refractivity contribution in [3.05, 3.63) is 23.8 Å². The summed E-state index contributed by atoms with van der Waals surface area (Å²) in [6.07, 6.45) is 0. The zero-order valence-corrected chi connectivity index (χ0v) is 13.1. The van der Waals surface area contributed by atoms with E-state index in [0.29, 0.717) is 24.7 Å². The molecule has 1 atom stereocenters. The second-order valence-corrected chi connectivity index (χ2v) is 4.69. The molecule has 1 unspecified atom stereocenters. The third kappa shape index (κ3) is 5.61. The van der Waals surface area contributed by atoms with Crippen molar-refractivity contribution in [2.45, 2.75) is 19.5 Å². The fraction of sp³-hybridized carbons (Fsp3) is 0.533. The Labute approximate surface area is 125 Å². The first-order chi connectivity index (χ1) is 10.1. The van der Waals surface area contributed by atoms with Crippen molar-refractivity contribution in [2.24, 2.45) is 0 Å². The highest BCUT2D eigenvalue weighted by atomic mass is 16.5. The molecular weight excluding hydrogens is 272 g/mol. The van der Waals surface area contributed by atoms with Crippen LogP contribution in [-0.4, -0.2) is 46.4 Å². The molecule has 2 N–H and O–H groups in total. The van der Waals surface area contributed by atoms with Crippen molar-refractivity contribution >= 4 is 5.91 Å². The van der Waals surface area contributed by atoms with Crippen LogP contribution in [0.1, 0.15) is 12.5 Å². The van der Waals surface area contributed by atoms with Gasteiger partial charge < -0.3 is 24.8 Å². The highest BCUT2D eigenvalue weighted by Crippen LogP contribution is 2.30. The lowest BCUT2D eigenvalue weighted by Gasteiger charge is -2.16. The Morgan fingerprint density at radius 2 is 2.10 bits per heavy atom. The Morgan fingerprint density at radius 1 is 1.33 bits per heavy atom. The first kappa shape index (κ1) is 17.3. The van der Waals surface area contributed by atoms with E-state index in [0.717, 1.165) is 5.56 Å². The standard InChI is InChI=1S/C15H24N2O4/c1-11(9-19-3)17-14(18)10-21-15-12(8-16-2)6-5-7-13(15)20-4/h5-7,11,16H,8-10H2,1-4H3,(H,17,18). The van der Waals surface area contributed by atoms with Gasteiger partial charge in [0.1, 0.15) is 0 Å². The van der Waals surface area contributed by atoms with Gasteiger partial charge in [0.2, 0.25) is 0 Å². The fourth-order valence-electron chi connectivity index (χ4n) is 1.96. The number of ether oxygens (including phenoxy) is 3. The third-order valence-electron chi connectivity index (χ3n) is 2.82. The Kier molecular flexibility index (Phi) is 7.56. The zero-order chi connectivity index (χ0) is 15.7. The molecule has 0 radical (unpaired) electrons. The molecule has 0 bridgehead atoms. The molecule has 0 aliphatic heterocycles.